The Hall–Kier alpha value is -5.04. The molecule has 0 saturated carbocycles. The minimum absolute atomic E-state index is 0.610. The van der Waals surface area contributed by atoms with Crippen molar-refractivity contribution in [1.29, 1.82) is 10.5 Å². The van der Waals surface area contributed by atoms with Crippen LogP contribution in [0.5, 0.6) is 11.5 Å². The lowest BCUT2D eigenvalue weighted by Crippen LogP contribution is -2.01. The molecular formula is C46H34N2O2S6. The molecule has 0 N–H and O–H groups in total. The molecule has 276 valence electrons. The zero-order valence-corrected chi connectivity index (χ0v) is 35.4. The number of nitriles is 2. The molecule has 0 saturated heterocycles. The molecule has 0 unspecified atom stereocenters. The Labute approximate surface area is 350 Å². The van der Waals surface area contributed by atoms with Crippen LogP contribution in [0.4, 0.5) is 0 Å². The summed E-state index contributed by atoms with van der Waals surface area (Å²) in [6.45, 7) is 5.49. The minimum atomic E-state index is 0.610. The van der Waals surface area contributed by atoms with Gasteiger partial charge in [-0.15, -0.1) is 68.0 Å². The topological polar surface area (TPSA) is 66.0 Å². The summed E-state index contributed by atoms with van der Waals surface area (Å²) in [6, 6.07) is 38.6. The lowest BCUT2D eigenvalue weighted by molar-refractivity contribution is 0.319. The largest absolute Gasteiger partial charge is 0.492 e. The molecule has 6 heterocycles. The first-order chi connectivity index (χ1) is 27.6. The molecule has 0 spiro atoms. The molecule has 0 aliphatic rings. The summed E-state index contributed by atoms with van der Waals surface area (Å²) >= 11 is 10.1. The summed E-state index contributed by atoms with van der Waals surface area (Å²) in [5, 5.41) is 25.6. The fraction of sp³-hybridized carbons (Fsp3) is 0.130. The average Bonchev–Trinajstić information content (AvgIpc) is 4.08. The summed E-state index contributed by atoms with van der Waals surface area (Å²) < 4.78 is 13.2. The predicted octanol–water partition coefficient (Wildman–Crippen LogP) is 15.6. The first-order valence-electron chi connectivity index (χ1n) is 18.1. The third kappa shape index (κ3) is 7.96. The van der Waals surface area contributed by atoms with Gasteiger partial charge in [0, 0.05) is 70.7 Å². The Bertz CT molecular complexity index is 2570. The van der Waals surface area contributed by atoms with Crippen LogP contribution in [0.2, 0.25) is 0 Å². The van der Waals surface area contributed by atoms with E-state index in [1.807, 2.05) is 47.2 Å². The number of ether oxygens (including phenoxy) is 2. The number of hydrogen-bond donors (Lipinski definition) is 0. The summed E-state index contributed by atoms with van der Waals surface area (Å²) in [7, 11) is 0. The second-order valence-corrected chi connectivity index (χ2v) is 19.0. The van der Waals surface area contributed by atoms with Crippen LogP contribution in [-0.4, -0.2) is 13.2 Å². The number of nitrogens with zero attached hydrogens (tertiary/aromatic N) is 2. The molecule has 6 aromatic heterocycles. The lowest BCUT2D eigenvalue weighted by Gasteiger charge is -2.18. The molecule has 0 aliphatic carbocycles. The molecule has 8 rings (SSSR count). The van der Waals surface area contributed by atoms with Crippen molar-refractivity contribution in [2.24, 2.45) is 0 Å². The zero-order chi connectivity index (χ0) is 38.4. The Morgan fingerprint density at radius 3 is 1.32 bits per heavy atom. The highest BCUT2D eigenvalue weighted by atomic mass is 32.1. The summed E-state index contributed by atoms with van der Waals surface area (Å²) in [5.74, 6) is 1.75. The van der Waals surface area contributed by atoms with E-state index >= 15 is 0 Å². The van der Waals surface area contributed by atoms with Crippen molar-refractivity contribution in [3.63, 3.8) is 0 Å². The van der Waals surface area contributed by atoms with E-state index in [0.717, 1.165) is 75.5 Å². The van der Waals surface area contributed by atoms with Crippen molar-refractivity contribution in [1.82, 2.24) is 0 Å². The third-order valence-electron chi connectivity index (χ3n) is 8.87. The molecule has 2 aromatic carbocycles. The van der Waals surface area contributed by atoms with Gasteiger partial charge in [0.25, 0.3) is 0 Å². The van der Waals surface area contributed by atoms with Crippen LogP contribution in [0.3, 0.4) is 0 Å². The van der Waals surface area contributed by atoms with Crippen LogP contribution < -0.4 is 9.47 Å². The summed E-state index contributed by atoms with van der Waals surface area (Å²) in [6.07, 6.45) is 5.76. The van der Waals surface area contributed by atoms with Crippen molar-refractivity contribution < 1.29 is 9.47 Å². The molecular weight excluding hydrogens is 805 g/mol. The Morgan fingerprint density at radius 2 is 0.929 bits per heavy atom. The van der Waals surface area contributed by atoms with E-state index in [0.29, 0.717) is 24.4 Å². The Morgan fingerprint density at radius 1 is 0.518 bits per heavy atom. The third-order valence-corrected chi connectivity index (χ3v) is 15.4. The van der Waals surface area contributed by atoms with Gasteiger partial charge in [0.1, 0.15) is 23.6 Å². The van der Waals surface area contributed by atoms with Crippen molar-refractivity contribution in [3.05, 3.63) is 127 Å². The van der Waals surface area contributed by atoms with Gasteiger partial charge in [-0.2, -0.15) is 10.5 Å². The van der Waals surface area contributed by atoms with Gasteiger partial charge in [-0.25, -0.2) is 0 Å². The maximum Gasteiger partial charge on any atom is 0.135 e. The number of fused-ring (bicyclic) bond motifs is 1. The van der Waals surface area contributed by atoms with Gasteiger partial charge < -0.3 is 9.47 Å². The Balaban J connectivity index is 1.12. The van der Waals surface area contributed by atoms with E-state index in [1.54, 1.807) is 68.0 Å². The smallest absolute Gasteiger partial charge is 0.135 e. The molecule has 8 aromatic rings. The van der Waals surface area contributed by atoms with Crippen molar-refractivity contribution in [2.75, 3.05) is 13.2 Å². The fourth-order valence-electron chi connectivity index (χ4n) is 6.28. The van der Waals surface area contributed by atoms with Gasteiger partial charge in [0.05, 0.1) is 24.4 Å². The molecule has 0 aliphatic heterocycles. The van der Waals surface area contributed by atoms with Crippen molar-refractivity contribution in [3.8, 4) is 64.0 Å². The average molecular weight is 839 g/mol. The molecule has 4 nitrogen and oxygen atoms in total. The molecule has 0 radical (unpaired) electrons. The van der Waals surface area contributed by atoms with Crippen molar-refractivity contribution >= 4 is 102 Å². The van der Waals surface area contributed by atoms with Gasteiger partial charge >= 0.3 is 0 Å². The number of benzene rings is 2. The summed E-state index contributed by atoms with van der Waals surface area (Å²) in [4.78, 5) is 11.1. The van der Waals surface area contributed by atoms with Gasteiger partial charge in [-0.3, -0.25) is 0 Å². The minimum Gasteiger partial charge on any atom is -0.492 e. The van der Waals surface area contributed by atoms with E-state index in [9.17, 15) is 10.5 Å². The number of rotatable bonds is 14. The highest BCUT2D eigenvalue weighted by molar-refractivity contribution is 7.25. The normalized spacial score (nSPS) is 11.9. The van der Waals surface area contributed by atoms with Gasteiger partial charge in [0.15, 0.2) is 0 Å². The molecule has 56 heavy (non-hydrogen) atoms. The molecule has 0 amide bonds. The maximum absolute atomic E-state index is 9.77. The van der Waals surface area contributed by atoms with E-state index in [4.69, 9.17) is 9.47 Å². The zero-order valence-electron chi connectivity index (χ0n) is 30.5. The van der Waals surface area contributed by atoms with Crippen LogP contribution in [-0.2, 0) is 0 Å². The van der Waals surface area contributed by atoms with Crippen LogP contribution in [0.15, 0.2) is 108 Å². The SMILES string of the molecule is CCCOc1c(-c2ccc(-c3ccc(/C=C(\C#N)c4cccs4)s3)s2)ccc2c(OCCC)c(-c3ccc(-c4ccc(/C=C(\C#N)c5cccs5)s4)s3)ccc12. The lowest BCUT2D eigenvalue weighted by atomic mass is 9.99. The quantitative estimate of drug-likeness (QED) is 0.102. The van der Waals surface area contributed by atoms with Crippen LogP contribution in [0, 0.1) is 22.7 Å². The maximum atomic E-state index is 9.77. The fourth-order valence-corrected chi connectivity index (χ4v) is 11.8. The first-order valence-corrected chi connectivity index (χ1v) is 23.2. The highest BCUT2D eigenvalue weighted by Crippen LogP contribution is 2.49. The van der Waals surface area contributed by atoms with E-state index < -0.39 is 0 Å². The van der Waals surface area contributed by atoms with Gasteiger partial charge in [0.2, 0.25) is 0 Å². The van der Waals surface area contributed by atoms with Crippen LogP contribution in [0.25, 0.3) is 74.5 Å². The predicted molar refractivity (Wildman–Crippen MR) is 244 cm³/mol. The van der Waals surface area contributed by atoms with E-state index in [-0.39, 0.29) is 0 Å². The van der Waals surface area contributed by atoms with Crippen LogP contribution in [0.1, 0.15) is 46.2 Å². The van der Waals surface area contributed by atoms with Gasteiger partial charge in [-0.05, 0) is 121 Å². The van der Waals surface area contributed by atoms with Gasteiger partial charge in [-0.1, -0.05) is 26.0 Å². The van der Waals surface area contributed by atoms with E-state index in [2.05, 4.69) is 98.8 Å². The highest BCUT2D eigenvalue weighted by Gasteiger charge is 2.20. The monoisotopic (exact) mass is 838 g/mol. The number of hydrogen-bond acceptors (Lipinski definition) is 10. The molecule has 0 fully saturated rings. The second kappa shape index (κ2) is 17.4. The van der Waals surface area contributed by atoms with Crippen molar-refractivity contribution in [2.45, 2.75) is 26.7 Å². The molecule has 10 heteroatoms. The van der Waals surface area contributed by atoms with Crippen LogP contribution >= 0.6 is 68.0 Å². The summed E-state index contributed by atoms with van der Waals surface area (Å²) in [5.41, 5.74) is 3.50. The standard InChI is InChI=1S/C46H34N2O2S6/c1-3-21-49-45-33-11-14-36(40-18-20-44(56-40)42-16-10-32(54-42)26-30(28-48)38-8-6-24-52-38)46(50-22-4-2)34(33)12-13-35(45)39-17-19-43(55-39)41-15-9-31(53-41)25-29(27-47)37-7-5-23-51-37/h5-20,23-26H,3-4,21-22H2,1-2H3/b29-25+,30-26+. The second-order valence-electron chi connectivity index (χ2n) is 12.7. The molecule has 0 bridgehead atoms. The first kappa shape index (κ1) is 37.9. The number of allylic oxidation sites excluding steroid dienone is 2. The van der Waals surface area contributed by atoms with E-state index in [1.165, 1.54) is 19.5 Å². The molecule has 0 atom stereocenters. The Kier molecular flexibility index (Phi) is 11.8. The number of thiophene rings is 6.